The molecule has 0 saturated carbocycles. The van der Waals surface area contributed by atoms with E-state index >= 15 is 0 Å². The van der Waals surface area contributed by atoms with E-state index in [4.69, 9.17) is 17.3 Å². The SMILES string of the molecule is C[Si](C)(CBr)c1cccc(CCCl)c1C(N)=O. The Hall–Kier alpha value is -0.323. The van der Waals surface area contributed by atoms with Crippen LogP contribution in [0.1, 0.15) is 15.9 Å². The van der Waals surface area contributed by atoms with Gasteiger partial charge in [0.15, 0.2) is 0 Å². The van der Waals surface area contributed by atoms with Crippen molar-refractivity contribution in [2.24, 2.45) is 5.73 Å². The first-order valence-corrected chi connectivity index (χ1v) is 10.3. The lowest BCUT2D eigenvalue weighted by Crippen LogP contribution is -2.47. The second-order valence-corrected chi connectivity index (χ2v) is 11.3. The molecule has 0 aliphatic heterocycles. The minimum Gasteiger partial charge on any atom is -0.366 e. The topological polar surface area (TPSA) is 43.1 Å². The fourth-order valence-corrected chi connectivity index (χ4v) is 4.60. The number of amides is 1. The van der Waals surface area contributed by atoms with E-state index in [0.717, 1.165) is 15.7 Å². The normalized spacial score (nSPS) is 11.5. The van der Waals surface area contributed by atoms with Gasteiger partial charge in [-0.2, -0.15) is 0 Å². The summed E-state index contributed by atoms with van der Waals surface area (Å²) in [6.07, 6.45) is 0.681. The minimum absolute atomic E-state index is 0.345. The summed E-state index contributed by atoms with van der Waals surface area (Å²) >= 11 is 9.30. The summed E-state index contributed by atoms with van der Waals surface area (Å²) in [5.41, 5.74) is 7.17. The Labute approximate surface area is 117 Å². The molecule has 5 heteroatoms. The summed E-state index contributed by atoms with van der Waals surface area (Å²) in [7, 11) is -1.65. The van der Waals surface area contributed by atoms with Gasteiger partial charge < -0.3 is 5.73 Å². The fourth-order valence-electron chi connectivity index (χ4n) is 1.84. The molecule has 2 nitrogen and oxygen atoms in total. The van der Waals surface area contributed by atoms with E-state index in [1.807, 2.05) is 18.2 Å². The van der Waals surface area contributed by atoms with Crippen LogP contribution < -0.4 is 10.9 Å². The van der Waals surface area contributed by atoms with Gasteiger partial charge in [-0.15, -0.1) is 11.6 Å². The molecule has 0 unspecified atom stereocenters. The molecule has 0 saturated heterocycles. The molecule has 2 N–H and O–H groups in total. The lowest BCUT2D eigenvalue weighted by Gasteiger charge is -2.24. The van der Waals surface area contributed by atoms with Crippen molar-refractivity contribution in [1.29, 1.82) is 0 Å². The van der Waals surface area contributed by atoms with E-state index < -0.39 is 8.07 Å². The number of carbonyl (C=O) groups is 1. The smallest absolute Gasteiger partial charge is 0.248 e. The zero-order valence-electron chi connectivity index (χ0n) is 10.1. The summed E-state index contributed by atoms with van der Waals surface area (Å²) in [5, 5.41) is 1.12. The average Bonchev–Trinajstić information content (AvgIpc) is 2.29. The van der Waals surface area contributed by atoms with E-state index in [0.29, 0.717) is 17.9 Å². The Morgan fingerprint density at radius 2 is 2.12 bits per heavy atom. The lowest BCUT2D eigenvalue weighted by molar-refractivity contribution is 0.100. The Kier molecular flexibility index (Phi) is 5.22. The quantitative estimate of drug-likeness (QED) is 0.652. The summed E-state index contributed by atoms with van der Waals surface area (Å²) in [4.78, 5) is 12.6. The number of benzene rings is 1. The monoisotopic (exact) mass is 333 g/mol. The first-order chi connectivity index (χ1) is 7.94. The molecule has 94 valence electrons. The van der Waals surface area contributed by atoms with Crippen LogP contribution in [0.2, 0.25) is 13.1 Å². The maximum Gasteiger partial charge on any atom is 0.248 e. The second-order valence-electron chi connectivity index (χ2n) is 4.66. The minimum atomic E-state index is -1.65. The summed E-state index contributed by atoms with van der Waals surface area (Å²) in [5.74, 6) is 0.155. The molecule has 0 spiro atoms. The van der Waals surface area contributed by atoms with Crippen LogP contribution in [0.3, 0.4) is 0 Å². The van der Waals surface area contributed by atoms with E-state index in [9.17, 15) is 4.79 Å². The van der Waals surface area contributed by atoms with Crippen molar-refractivity contribution in [1.82, 2.24) is 0 Å². The van der Waals surface area contributed by atoms with Crippen LogP contribution in [0, 0.1) is 0 Å². The molecule has 0 radical (unpaired) electrons. The van der Waals surface area contributed by atoms with Gasteiger partial charge in [-0.1, -0.05) is 47.2 Å². The van der Waals surface area contributed by atoms with E-state index in [1.165, 1.54) is 0 Å². The summed E-state index contributed by atoms with van der Waals surface area (Å²) < 4.78 is 0. The molecule has 0 aromatic heterocycles. The Bertz CT molecular complexity index is 423. The first-order valence-electron chi connectivity index (χ1n) is 5.48. The van der Waals surface area contributed by atoms with E-state index in [-0.39, 0.29) is 5.91 Å². The molecule has 0 heterocycles. The number of aryl methyl sites for hydroxylation is 1. The van der Waals surface area contributed by atoms with E-state index in [2.05, 4.69) is 29.0 Å². The van der Waals surface area contributed by atoms with Gasteiger partial charge in [0, 0.05) is 16.4 Å². The Morgan fingerprint density at radius 3 is 2.59 bits per heavy atom. The van der Waals surface area contributed by atoms with Crippen molar-refractivity contribution in [2.75, 3.05) is 10.8 Å². The van der Waals surface area contributed by atoms with Crippen LogP contribution in [0.15, 0.2) is 18.2 Å². The lowest BCUT2D eigenvalue weighted by atomic mass is 10.0. The van der Waals surface area contributed by atoms with Gasteiger partial charge in [0.25, 0.3) is 0 Å². The molecule has 17 heavy (non-hydrogen) atoms. The van der Waals surface area contributed by atoms with Crippen molar-refractivity contribution in [2.45, 2.75) is 19.5 Å². The highest BCUT2D eigenvalue weighted by Gasteiger charge is 2.27. The van der Waals surface area contributed by atoms with E-state index in [1.54, 1.807) is 0 Å². The highest BCUT2D eigenvalue weighted by atomic mass is 79.9. The van der Waals surface area contributed by atoms with Crippen molar-refractivity contribution in [3.8, 4) is 0 Å². The van der Waals surface area contributed by atoms with Gasteiger partial charge in [0.2, 0.25) is 5.91 Å². The molecular weight excluding hydrogens is 318 g/mol. The highest BCUT2D eigenvalue weighted by Crippen LogP contribution is 2.15. The molecule has 1 amide bonds. The third kappa shape index (κ3) is 3.33. The second kappa shape index (κ2) is 6.02. The van der Waals surface area contributed by atoms with Crippen LogP contribution in [0.5, 0.6) is 0 Å². The van der Waals surface area contributed by atoms with Crippen LogP contribution in [0.25, 0.3) is 0 Å². The van der Waals surface area contributed by atoms with Gasteiger partial charge in [-0.25, -0.2) is 0 Å². The largest absolute Gasteiger partial charge is 0.366 e. The van der Waals surface area contributed by atoms with Gasteiger partial charge in [0.1, 0.15) is 0 Å². The maximum atomic E-state index is 11.7. The third-order valence-electron chi connectivity index (χ3n) is 2.82. The molecule has 0 fully saturated rings. The number of halogens is 2. The van der Waals surface area contributed by atoms with Gasteiger partial charge in [-0.05, 0) is 17.2 Å². The summed E-state index contributed by atoms with van der Waals surface area (Å²) in [6.45, 7) is 4.43. The van der Waals surface area contributed by atoms with Crippen molar-refractivity contribution in [3.05, 3.63) is 29.3 Å². The predicted molar refractivity (Wildman–Crippen MR) is 80.3 cm³/mol. The van der Waals surface area contributed by atoms with Crippen LogP contribution in [-0.2, 0) is 6.42 Å². The van der Waals surface area contributed by atoms with Crippen LogP contribution >= 0.6 is 27.5 Å². The molecule has 1 aromatic carbocycles. The number of carbonyl (C=O) groups excluding carboxylic acids is 1. The van der Waals surface area contributed by atoms with Gasteiger partial charge >= 0.3 is 0 Å². The molecule has 0 bridgehead atoms. The predicted octanol–water partition coefficient (Wildman–Crippen LogP) is 2.42. The third-order valence-corrected chi connectivity index (χ3v) is 9.76. The molecule has 1 rings (SSSR count). The number of hydrogen-bond acceptors (Lipinski definition) is 1. The zero-order valence-corrected chi connectivity index (χ0v) is 13.4. The van der Waals surface area contributed by atoms with Crippen molar-refractivity contribution < 1.29 is 4.79 Å². The first kappa shape index (κ1) is 14.7. The zero-order chi connectivity index (χ0) is 13.1. The van der Waals surface area contributed by atoms with Crippen LogP contribution in [-0.4, -0.2) is 24.8 Å². The number of rotatable bonds is 5. The molecule has 0 atom stereocenters. The number of alkyl halides is 2. The average molecular weight is 335 g/mol. The van der Waals surface area contributed by atoms with Crippen molar-refractivity contribution >= 4 is 46.7 Å². The molecule has 0 aliphatic carbocycles. The Morgan fingerprint density at radius 1 is 1.47 bits per heavy atom. The number of nitrogens with two attached hydrogens (primary N) is 1. The number of hydrogen-bond donors (Lipinski definition) is 1. The van der Waals surface area contributed by atoms with Crippen molar-refractivity contribution in [3.63, 3.8) is 0 Å². The summed E-state index contributed by atoms with van der Waals surface area (Å²) in [6, 6.07) is 5.94. The molecular formula is C12H17BrClNOSi. The molecule has 1 aromatic rings. The fraction of sp³-hybridized carbons (Fsp3) is 0.417. The number of primary amides is 1. The maximum absolute atomic E-state index is 11.7. The van der Waals surface area contributed by atoms with Gasteiger partial charge in [0.05, 0.1) is 8.07 Å². The van der Waals surface area contributed by atoms with Crippen LogP contribution in [0.4, 0.5) is 0 Å². The van der Waals surface area contributed by atoms with Gasteiger partial charge in [-0.3, -0.25) is 4.79 Å². The standard InChI is InChI=1S/C12H17BrClNOSi/c1-17(2,8-13)10-5-3-4-9(6-7-14)11(10)12(15)16/h3-5H,6-8H2,1-2H3,(H2,15,16). The molecule has 0 aliphatic rings. The highest BCUT2D eigenvalue weighted by molar-refractivity contribution is 9.09. The Balaban J connectivity index is 3.40.